The molecule has 2 aromatic rings. The van der Waals surface area contributed by atoms with Crippen LogP contribution in [0.5, 0.6) is 0 Å². The van der Waals surface area contributed by atoms with Crippen LogP contribution in [0, 0.1) is 0 Å². The molecule has 0 spiro atoms. The van der Waals surface area contributed by atoms with Crippen LogP contribution in [-0.2, 0) is 6.42 Å². The minimum Gasteiger partial charge on any atom is -0.308 e. The zero-order valence-corrected chi connectivity index (χ0v) is 10.8. The first-order valence-electron chi connectivity index (χ1n) is 5.69. The molecule has 0 atom stereocenters. The molecule has 5 nitrogen and oxygen atoms in total. The molecule has 0 fully saturated rings. The lowest BCUT2D eigenvalue weighted by molar-refractivity contribution is 0.874. The second-order valence-electron chi connectivity index (χ2n) is 3.82. The van der Waals surface area contributed by atoms with Gasteiger partial charge in [-0.1, -0.05) is 24.9 Å². The van der Waals surface area contributed by atoms with E-state index in [9.17, 15) is 0 Å². The van der Waals surface area contributed by atoms with Gasteiger partial charge in [-0.15, -0.1) is 0 Å². The molecule has 0 bridgehead atoms. The fourth-order valence-electron chi connectivity index (χ4n) is 1.58. The van der Waals surface area contributed by atoms with E-state index in [-0.39, 0.29) is 0 Å². The normalized spacial score (nSPS) is 10.4. The molecule has 0 amide bonds. The molecule has 0 saturated carbocycles. The lowest BCUT2D eigenvalue weighted by Crippen LogP contribution is -2.10. The van der Waals surface area contributed by atoms with Gasteiger partial charge in [0.25, 0.3) is 0 Å². The molecule has 0 aliphatic rings. The van der Waals surface area contributed by atoms with Gasteiger partial charge in [0.15, 0.2) is 5.82 Å². The van der Waals surface area contributed by atoms with Crippen LogP contribution in [0.25, 0.3) is 11.5 Å². The monoisotopic (exact) mass is 263 g/mol. The van der Waals surface area contributed by atoms with Crippen LogP contribution >= 0.6 is 11.6 Å². The molecule has 0 aliphatic heterocycles. The van der Waals surface area contributed by atoms with Crippen molar-refractivity contribution in [2.24, 2.45) is 5.84 Å². The number of hydrogen-bond acceptors (Lipinski definition) is 5. The van der Waals surface area contributed by atoms with Crippen LogP contribution in [0.1, 0.15) is 19.0 Å². The van der Waals surface area contributed by atoms with Crippen LogP contribution in [0.3, 0.4) is 0 Å². The van der Waals surface area contributed by atoms with E-state index in [1.807, 2.05) is 6.07 Å². The maximum absolute atomic E-state index is 5.80. The first kappa shape index (κ1) is 12.7. The second kappa shape index (κ2) is 5.75. The van der Waals surface area contributed by atoms with Gasteiger partial charge in [0.1, 0.15) is 11.5 Å². The first-order valence-corrected chi connectivity index (χ1v) is 6.07. The Balaban J connectivity index is 2.42. The van der Waals surface area contributed by atoms with E-state index in [1.54, 1.807) is 18.3 Å². The van der Waals surface area contributed by atoms with Crippen molar-refractivity contribution in [3.8, 4) is 11.5 Å². The first-order chi connectivity index (χ1) is 8.72. The molecular weight excluding hydrogens is 250 g/mol. The summed E-state index contributed by atoms with van der Waals surface area (Å²) in [6.45, 7) is 2.10. The average Bonchev–Trinajstić information content (AvgIpc) is 2.39. The number of nitrogens with two attached hydrogens (primary N) is 1. The van der Waals surface area contributed by atoms with Crippen LogP contribution in [0.15, 0.2) is 24.4 Å². The Labute approximate surface area is 110 Å². The third kappa shape index (κ3) is 2.94. The van der Waals surface area contributed by atoms with Crippen molar-refractivity contribution in [3.63, 3.8) is 0 Å². The van der Waals surface area contributed by atoms with Crippen LogP contribution in [-0.4, -0.2) is 15.0 Å². The number of aromatic nitrogens is 3. The predicted molar refractivity (Wildman–Crippen MR) is 72.1 cm³/mol. The van der Waals surface area contributed by atoms with Crippen molar-refractivity contribution in [3.05, 3.63) is 35.1 Å². The average molecular weight is 264 g/mol. The number of halogens is 1. The smallest absolute Gasteiger partial charge is 0.180 e. The molecule has 0 aromatic carbocycles. The molecule has 94 valence electrons. The van der Waals surface area contributed by atoms with E-state index < -0.39 is 0 Å². The summed E-state index contributed by atoms with van der Waals surface area (Å²) in [7, 11) is 0. The number of aryl methyl sites for hydroxylation is 1. The van der Waals surface area contributed by atoms with Crippen LogP contribution < -0.4 is 11.3 Å². The van der Waals surface area contributed by atoms with Gasteiger partial charge in [-0.3, -0.25) is 4.98 Å². The van der Waals surface area contributed by atoms with Crippen LogP contribution in [0.2, 0.25) is 5.02 Å². The number of hydrazine groups is 1. The highest BCUT2D eigenvalue weighted by Crippen LogP contribution is 2.18. The topological polar surface area (TPSA) is 76.7 Å². The summed E-state index contributed by atoms with van der Waals surface area (Å²) in [5, 5.41) is 0.584. The Morgan fingerprint density at radius 1 is 1.33 bits per heavy atom. The number of nitrogens with one attached hydrogen (secondary N) is 1. The largest absolute Gasteiger partial charge is 0.308 e. The summed E-state index contributed by atoms with van der Waals surface area (Å²) < 4.78 is 0. The number of rotatable bonds is 4. The maximum Gasteiger partial charge on any atom is 0.180 e. The van der Waals surface area contributed by atoms with Gasteiger partial charge in [0.05, 0.1) is 5.02 Å². The zero-order valence-electron chi connectivity index (χ0n) is 10.0. The third-order valence-corrected chi connectivity index (χ3v) is 2.61. The minimum atomic E-state index is 0.547. The Kier molecular flexibility index (Phi) is 4.07. The summed E-state index contributed by atoms with van der Waals surface area (Å²) in [6, 6.07) is 5.38. The van der Waals surface area contributed by atoms with Crippen molar-refractivity contribution < 1.29 is 0 Å². The molecule has 2 heterocycles. The minimum absolute atomic E-state index is 0.547. The van der Waals surface area contributed by atoms with Crippen molar-refractivity contribution in [1.82, 2.24) is 15.0 Å². The van der Waals surface area contributed by atoms with Crippen molar-refractivity contribution in [2.45, 2.75) is 19.8 Å². The molecule has 0 saturated heterocycles. The van der Waals surface area contributed by atoms with E-state index in [1.165, 1.54) is 0 Å². The van der Waals surface area contributed by atoms with Crippen molar-refractivity contribution >= 4 is 17.4 Å². The molecular formula is C12H14ClN5. The Bertz CT molecular complexity index is 526. The molecule has 2 aromatic heterocycles. The summed E-state index contributed by atoms with van der Waals surface area (Å²) in [5.74, 6) is 6.53. The Morgan fingerprint density at radius 3 is 2.78 bits per heavy atom. The van der Waals surface area contributed by atoms with Crippen LogP contribution in [0.4, 0.5) is 5.82 Å². The molecule has 18 heavy (non-hydrogen) atoms. The lowest BCUT2D eigenvalue weighted by Gasteiger charge is -2.06. The molecule has 0 aliphatic carbocycles. The van der Waals surface area contributed by atoms with Gasteiger partial charge in [-0.2, -0.15) is 0 Å². The van der Waals surface area contributed by atoms with E-state index in [4.69, 9.17) is 17.4 Å². The highest BCUT2D eigenvalue weighted by Gasteiger charge is 2.07. The second-order valence-corrected chi connectivity index (χ2v) is 4.26. The van der Waals surface area contributed by atoms with E-state index in [2.05, 4.69) is 27.3 Å². The number of nitrogen functional groups attached to an aromatic ring is 1. The van der Waals surface area contributed by atoms with Crippen molar-refractivity contribution in [1.29, 1.82) is 0 Å². The highest BCUT2D eigenvalue weighted by molar-refractivity contribution is 6.30. The van der Waals surface area contributed by atoms with Gasteiger partial charge < -0.3 is 5.43 Å². The van der Waals surface area contributed by atoms with Gasteiger partial charge in [0, 0.05) is 18.0 Å². The molecule has 6 heteroatoms. The number of pyridine rings is 1. The quantitative estimate of drug-likeness (QED) is 0.654. The Morgan fingerprint density at radius 2 is 2.17 bits per heavy atom. The standard InChI is InChI=1S/C12H14ClN5/c1-2-3-9-6-11(18-14)17-12(16-9)10-5-4-8(13)7-15-10/h4-7H,2-3,14H2,1H3,(H,16,17,18). The molecule has 2 rings (SSSR count). The fraction of sp³-hybridized carbons (Fsp3) is 0.250. The zero-order chi connectivity index (χ0) is 13.0. The number of nitrogens with zero attached hydrogens (tertiary/aromatic N) is 3. The molecule has 0 unspecified atom stereocenters. The maximum atomic E-state index is 5.80. The Hall–Kier alpha value is -1.72. The van der Waals surface area contributed by atoms with E-state index >= 15 is 0 Å². The van der Waals surface area contributed by atoms with Crippen molar-refractivity contribution in [2.75, 3.05) is 5.43 Å². The molecule has 3 N–H and O–H groups in total. The van der Waals surface area contributed by atoms with E-state index in [0.717, 1.165) is 18.5 Å². The summed E-state index contributed by atoms with van der Waals surface area (Å²) >= 11 is 5.80. The fourth-order valence-corrected chi connectivity index (χ4v) is 1.69. The SMILES string of the molecule is CCCc1cc(NN)nc(-c2ccc(Cl)cn2)n1. The summed E-state index contributed by atoms with van der Waals surface area (Å²) in [6.07, 6.45) is 3.45. The predicted octanol–water partition coefficient (Wildman–Crippen LogP) is 2.43. The highest BCUT2D eigenvalue weighted by atomic mass is 35.5. The number of anilines is 1. The summed E-state index contributed by atoms with van der Waals surface area (Å²) in [5.41, 5.74) is 4.15. The third-order valence-electron chi connectivity index (χ3n) is 2.39. The van der Waals surface area contributed by atoms with E-state index in [0.29, 0.717) is 22.4 Å². The summed E-state index contributed by atoms with van der Waals surface area (Å²) in [4.78, 5) is 12.9. The number of hydrogen-bond donors (Lipinski definition) is 2. The molecule has 0 radical (unpaired) electrons. The van der Waals surface area contributed by atoms with Gasteiger partial charge in [-0.05, 0) is 18.6 Å². The van der Waals surface area contributed by atoms with Gasteiger partial charge in [0.2, 0.25) is 0 Å². The lowest BCUT2D eigenvalue weighted by atomic mass is 10.2. The van der Waals surface area contributed by atoms with Gasteiger partial charge in [-0.25, -0.2) is 15.8 Å². The van der Waals surface area contributed by atoms with Gasteiger partial charge >= 0.3 is 0 Å².